The summed E-state index contributed by atoms with van der Waals surface area (Å²) in [4.78, 5) is 16.3. The van der Waals surface area contributed by atoms with E-state index in [1.54, 1.807) is 0 Å². The van der Waals surface area contributed by atoms with E-state index in [1.807, 2.05) is 30.3 Å². The highest BCUT2D eigenvalue weighted by Crippen LogP contribution is 2.25. The number of amides is 1. The van der Waals surface area contributed by atoms with E-state index in [1.165, 1.54) is 43.4 Å². The molecule has 0 aliphatic carbocycles. The molecule has 0 aliphatic rings. The molecular formula is C19H21N5O4S2. The van der Waals surface area contributed by atoms with Crippen molar-refractivity contribution in [3.05, 3.63) is 66.0 Å². The highest BCUT2D eigenvalue weighted by Gasteiger charge is 2.21. The van der Waals surface area contributed by atoms with Gasteiger partial charge in [-0.2, -0.15) is 5.10 Å². The van der Waals surface area contributed by atoms with E-state index in [0.29, 0.717) is 17.5 Å². The minimum Gasteiger partial charge on any atom is -0.495 e. The molecule has 158 valence electrons. The van der Waals surface area contributed by atoms with Gasteiger partial charge in [0.1, 0.15) is 17.0 Å². The summed E-state index contributed by atoms with van der Waals surface area (Å²) in [7, 11) is -2.51. The van der Waals surface area contributed by atoms with Crippen molar-refractivity contribution in [3.8, 4) is 5.75 Å². The second-order valence-electron chi connectivity index (χ2n) is 6.07. The summed E-state index contributed by atoms with van der Waals surface area (Å²) < 4.78 is 33.3. The third-order valence-corrected chi connectivity index (χ3v) is 6.34. The second-order valence-corrected chi connectivity index (χ2v) is 8.89. The zero-order valence-electron chi connectivity index (χ0n) is 16.2. The van der Waals surface area contributed by atoms with Crippen LogP contribution in [0, 0.1) is 0 Å². The lowest BCUT2D eigenvalue weighted by molar-refractivity contribution is 0.0956. The molecule has 1 heterocycles. The fourth-order valence-electron chi connectivity index (χ4n) is 2.56. The Bertz CT molecular complexity index is 1070. The van der Waals surface area contributed by atoms with Crippen LogP contribution in [-0.4, -0.2) is 48.9 Å². The van der Waals surface area contributed by atoms with Gasteiger partial charge in [0.2, 0.25) is 10.0 Å². The SMILES string of the molecule is COc1ccc(C(=O)NCCSc2ncn[nH]2)cc1S(=O)(=O)NCc1ccccc1. The fraction of sp³-hybridized carbons (Fsp3) is 0.211. The molecule has 0 radical (unpaired) electrons. The summed E-state index contributed by atoms with van der Waals surface area (Å²) in [6.07, 6.45) is 1.41. The van der Waals surface area contributed by atoms with Crippen molar-refractivity contribution in [1.29, 1.82) is 0 Å². The van der Waals surface area contributed by atoms with E-state index < -0.39 is 10.0 Å². The van der Waals surface area contributed by atoms with Gasteiger partial charge in [-0.15, -0.1) is 0 Å². The van der Waals surface area contributed by atoms with Crippen molar-refractivity contribution in [2.75, 3.05) is 19.4 Å². The first-order valence-corrected chi connectivity index (χ1v) is 11.4. The van der Waals surface area contributed by atoms with Crippen LogP contribution in [0.3, 0.4) is 0 Å². The summed E-state index contributed by atoms with van der Waals surface area (Å²) in [5.74, 6) is 0.365. The van der Waals surface area contributed by atoms with Crippen molar-refractivity contribution < 1.29 is 17.9 Å². The number of nitrogens with one attached hydrogen (secondary N) is 3. The average molecular weight is 448 g/mol. The Morgan fingerprint density at radius 3 is 2.70 bits per heavy atom. The number of carbonyl (C=O) groups excluding carboxylic acids is 1. The number of ether oxygens (including phenoxy) is 1. The first-order chi connectivity index (χ1) is 14.5. The maximum Gasteiger partial charge on any atom is 0.251 e. The number of sulfonamides is 1. The minimum atomic E-state index is -3.89. The maximum atomic E-state index is 12.8. The molecule has 30 heavy (non-hydrogen) atoms. The summed E-state index contributed by atoms with van der Waals surface area (Å²) in [5.41, 5.74) is 1.04. The largest absolute Gasteiger partial charge is 0.495 e. The molecule has 2 aromatic carbocycles. The number of aromatic nitrogens is 3. The van der Waals surface area contributed by atoms with E-state index in [0.717, 1.165) is 5.56 Å². The Hall–Kier alpha value is -2.89. The van der Waals surface area contributed by atoms with Crippen LogP contribution in [0.5, 0.6) is 5.75 Å². The average Bonchev–Trinajstić information content (AvgIpc) is 3.29. The van der Waals surface area contributed by atoms with Gasteiger partial charge in [-0.3, -0.25) is 9.89 Å². The van der Waals surface area contributed by atoms with Crippen LogP contribution < -0.4 is 14.8 Å². The molecular weight excluding hydrogens is 426 g/mol. The number of rotatable bonds is 10. The first-order valence-electron chi connectivity index (χ1n) is 8.97. The van der Waals surface area contributed by atoms with E-state index in [-0.39, 0.29) is 28.7 Å². The van der Waals surface area contributed by atoms with E-state index >= 15 is 0 Å². The monoisotopic (exact) mass is 447 g/mol. The topological polar surface area (TPSA) is 126 Å². The Morgan fingerprint density at radius 1 is 1.20 bits per heavy atom. The molecule has 9 nitrogen and oxygen atoms in total. The minimum absolute atomic E-state index is 0.0929. The number of carbonyl (C=O) groups is 1. The summed E-state index contributed by atoms with van der Waals surface area (Å²) in [5, 5.41) is 9.88. The standard InChI is InChI=1S/C19H21N5O4S2/c1-28-16-8-7-15(18(25)20-9-10-29-19-21-13-22-24-19)11-17(16)30(26,27)23-12-14-5-3-2-4-6-14/h2-8,11,13,23H,9-10,12H2,1H3,(H,20,25)(H,21,22,24). The third kappa shape index (κ3) is 5.81. The van der Waals surface area contributed by atoms with Gasteiger partial charge < -0.3 is 10.1 Å². The molecule has 0 atom stereocenters. The number of benzene rings is 2. The zero-order chi connectivity index (χ0) is 21.4. The molecule has 3 aromatic rings. The number of nitrogens with zero attached hydrogens (tertiary/aromatic N) is 2. The lowest BCUT2D eigenvalue weighted by Crippen LogP contribution is -2.27. The number of hydrogen-bond acceptors (Lipinski definition) is 7. The van der Waals surface area contributed by atoms with Crippen LogP contribution in [-0.2, 0) is 16.6 Å². The van der Waals surface area contributed by atoms with Gasteiger partial charge in [0, 0.05) is 24.4 Å². The van der Waals surface area contributed by atoms with Crippen LogP contribution in [0.25, 0.3) is 0 Å². The van der Waals surface area contributed by atoms with Crippen molar-refractivity contribution in [1.82, 2.24) is 25.2 Å². The van der Waals surface area contributed by atoms with Gasteiger partial charge in [-0.05, 0) is 23.8 Å². The molecule has 0 bridgehead atoms. The van der Waals surface area contributed by atoms with Gasteiger partial charge in [-0.25, -0.2) is 18.1 Å². The van der Waals surface area contributed by atoms with E-state index in [4.69, 9.17) is 4.74 Å². The quantitative estimate of drug-likeness (QED) is 0.320. The van der Waals surface area contributed by atoms with Crippen molar-refractivity contribution in [3.63, 3.8) is 0 Å². The molecule has 3 rings (SSSR count). The predicted molar refractivity (Wildman–Crippen MR) is 113 cm³/mol. The highest BCUT2D eigenvalue weighted by atomic mass is 32.2. The maximum absolute atomic E-state index is 12.8. The molecule has 1 amide bonds. The normalized spacial score (nSPS) is 11.2. The van der Waals surface area contributed by atoms with Crippen LogP contribution in [0.1, 0.15) is 15.9 Å². The molecule has 0 saturated carbocycles. The number of methoxy groups -OCH3 is 1. The number of thioether (sulfide) groups is 1. The molecule has 1 aromatic heterocycles. The predicted octanol–water partition coefficient (Wildman–Crippen LogP) is 1.81. The van der Waals surface area contributed by atoms with Crippen molar-refractivity contribution in [2.45, 2.75) is 16.6 Å². The van der Waals surface area contributed by atoms with Crippen LogP contribution in [0.2, 0.25) is 0 Å². The summed E-state index contributed by atoms with van der Waals surface area (Å²) >= 11 is 1.41. The van der Waals surface area contributed by atoms with Crippen molar-refractivity contribution >= 4 is 27.7 Å². The number of H-pyrrole nitrogens is 1. The molecule has 0 aliphatic heterocycles. The van der Waals surface area contributed by atoms with E-state index in [9.17, 15) is 13.2 Å². The lowest BCUT2D eigenvalue weighted by Gasteiger charge is -2.13. The fourth-order valence-corrected chi connectivity index (χ4v) is 4.40. The molecule has 0 saturated heterocycles. The molecule has 0 fully saturated rings. The Morgan fingerprint density at radius 2 is 2.00 bits per heavy atom. The van der Waals surface area contributed by atoms with Crippen LogP contribution >= 0.6 is 11.8 Å². The van der Waals surface area contributed by atoms with Gasteiger partial charge >= 0.3 is 0 Å². The zero-order valence-corrected chi connectivity index (χ0v) is 17.8. The van der Waals surface area contributed by atoms with Gasteiger partial charge in [0.05, 0.1) is 7.11 Å². The smallest absolute Gasteiger partial charge is 0.251 e. The lowest BCUT2D eigenvalue weighted by atomic mass is 10.2. The molecule has 3 N–H and O–H groups in total. The highest BCUT2D eigenvalue weighted by molar-refractivity contribution is 7.99. The number of hydrogen-bond donors (Lipinski definition) is 3. The second kappa shape index (κ2) is 10.2. The molecule has 11 heteroatoms. The van der Waals surface area contributed by atoms with Crippen LogP contribution in [0.15, 0.2) is 64.9 Å². The first kappa shape index (κ1) is 21.8. The third-order valence-electron chi connectivity index (χ3n) is 4.04. The molecule has 0 unspecified atom stereocenters. The van der Waals surface area contributed by atoms with Gasteiger partial charge in [0.25, 0.3) is 5.91 Å². The Kier molecular flexibility index (Phi) is 7.44. The summed E-state index contributed by atoms with van der Waals surface area (Å²) in [6, 6.07) is 13.5. The Labute approximate surface area is 178 Å². The Balaban J connectivity index is 1.66. The summed E-state index contributed by atoms with van der Waals surface area (Å²) in [6.45, 7) is 0.506. The van der Waals surface area contributed by atoms with Crippen molar-refractivity contribution in [2.24, 2.45) is 0 Å². The van der Waals surface area contributed by atoms with Gasteiger partial charge in [0.15, 0.2) is 5.16 Å². The molecule has 0 spiro atoms. The number of aromatic amines is 1. The van der Waals surface area contributed by atoms with Crippen LogP contribution in [0.4, 0.5) is 0 Å². The van der Waals surface area contributed by atoms with Gasteiger partial charge in [-0.1, -0.05) is 42.1 Å². The van der Waals surface area contributed by atoms with E-state index in [2.05, 4.69) is 25.2 Å².